The van der Waals surface area contributed by atoms with Crippen LogP contribution in [0.2, 0.25) is 0 Å². The van der Waals surface area contributed by atoms with Crippen LogP contribution in [-0.4, -0.2) is 48.4 Å². The molecule has 3 atom stereocenters. The first-order chi connectivity index (χ1) is 15.4. The summed E-state index contributed by atoms with van der Waals surface area (Å²) in [6, 6.07) is 5.17. The molecule has 3 unspecified atom stereocenters. The van der Waals surface area contributed by atoms with Crippen LogP contribution in [0.15, 0.2) is 24.3 Å². The van der Waals surface area contributed by atoms with Crippen LogP contribution in [0.1, 0.15) is 75.7 Å². The van der Waals surface area contributed by atoms with Crippen molar-refractivity contribution in [2.75, 3.05) is 13.6 Å². The SMILES string of the molecule is CC(C)CCC1CC(N(C)C(C)C)CCC1NC(=O)CNC(=O)c1cccc(C(F)(F)F)c1. The number of halogens is 3. The summed E-state index contributed by atoms with van der Waals surface area (Å²) in [4.78, 5) is 27.2. The van der Waals surface area contributed by atoms with Crippen molar-refractivity contribution < 1.29 is 22.8 Å². The first kappa shape index (κ1) is 27.2. The van der Waals surface area contributed by atoms with Gasteiger partial charge in [-0.3, -0.25) is 9.59 Å². The van der Waals surface area contributed by atoms with Gasteiger partial charge in [-0.25, -0.2) is 0 Å². The smallest absolute Gasteiger partial charge is 0.352 e. The van der Waals surface area contributed by atoms with Crippen molar-refractivity contribution in [3.05, 3.63) is 35.4 Å². The Bertz CT molecular complexity index is 795. The molecule has 5 nitrogen and oxygen atoms in total. The predicted octanol–water partition coefficient (Wildman–Crippen LogP) is 4.87. The molecule has 0 aromatic heterocycles. The van der Waals surface area contributed by atoms with E-state index in [0.29, 0.717) is 23.9 Å². The van der Waals surface area contributed by atoms with Crippen LogP contribution in [0.4, 0.5) is 13.2 Å². The van der Waals surface area contributed by atoms with Gasteiger partial charge < -0.3 is 15.5 Å². The van der Waals surface area contributed by atoms with Crippen molar-refractivity contribution in [2.45, 2.75) is 84.1 Å². The summed E-state index contributed by atoms with van der Waals surface area (Å²) in [5.74, 6) is -0.0767. The second-order valence-corrected chi connectivity index (χ2v) is 9.89. The highest BCUT2D eigenvalue weighted by atomic mass is 19.4. The Kier molecular flexibility index (Phi) is 9.76. The molecule has 0 radical (unpaired) electrons. The molecule has 0 bridgehead atoms. The normalized spacial score (nSPS) is 21.5. The Balaban J connectivity index is 1.94. The molecule has 1 aromatic carbocycles. The molecule has 1 aliphatic rings. The lowest BCUT2D eigenvalue weighted by atomic mass is 9.77. The summed E-state index contributed by atoms with van der Waals surface area (Å²) in [6.07, 6.45) is 0.472. The van der Waals surface area contributed by atoms with E-state index >= 15 is 0 Å². The molecular weight excluding hydrogens is 431 g/mol. The number of alkyl halides is 3. The van der Waals surface area contributed by atoms with Gasteiger partial charge in [0, 0.05) is 23.7 Å². The molecule has 1 fully saturated rings. The lowest BCUT2D eigenvalue weighted by Gasteiger charge is -2.42. The van der Waals surface area contributed by atoms with Gasteiger partial charge in [-0.05, 0) is 76.6 Å². The Morgan fingerprint density at radius 2 is 1.85 bits per heavy atom. The molecule has 0 spiro atoms. The highest BCUT2D eigenvalue weighted by molar-refractivity contribution is 5.96. The Hall–Kier alpha value is -2.09. The van der Waals surface area contributed by atoms with Crippen molar-refractivity contribution in [2.24, 2.45) is 11.8 Å². The lowest BCUT2D eigenvalue weighted by Crippen LogP contribution is -2.51. The van der Waals surface area contributed by atoms with Crippen LogP contribution in [-0.2, 0) is 11.0 Å². The van der Waals surface area contributed by atoms with E-state index in [-0.39, 0.29) is 24.1 Å². The monoisotopic (exact) mass is 469 g/mol. The first-order valence-corrected chi connectivity index (χ1v) is 11.8. The lowest BCUT2D eigenvalue weighted by molar-refractivity contribution is -0.137. The molecule has 186 valence electrons. The van der Waals surface area contributed by atoms with Crippen LogP contribution in [0, 0.1) is 11.8 Å². The zero-order chi connectivity index (χ0) is 24.8. The number of carbonyl (C=O) groups excluding carboxylic acids is 2. The van der Waals surface area contributed by atoms with Gasteiger partial charge in [0.25, 0.3) is 5.91 Å². The number of hydrogen-bond acceptors (Lipinski definition) is 3. The van der Waals surface area contributed by atoms with Gasteiger partial charge >= 0.3 is 6.18 Å². The molecule has 0 saturated heterocycles. The number of benzene rings is 1. The van der Waals surface area contributed by atoms with Crippen LogP contribution >= 0.6 is 0 Å². The first-order valence-electron chi connectivity index (χ1n) is 11.8. The summed E-state index contributed by atoms with van der Waals surface area (Å²) in [5.41, 5.74) is -1.01. The molecule has 2 rings (SSSR count). The molecule has 8 heteroatoms. The van der Waals surface area contributed by atoms with E-state index in [1.54, 1.807) is 0 Å². The molecule has 33 heavy (non-hydrogen) atoms. The Morgan fingerprint density at radius 3 is 2.45 bits per heavy atom. The van der Waals surface area contributed by atoms with E-state index in [1.165, 1.54) is 12.1 Å². The van der Waals surface area contributed by atoms with Crippen molar-refractivity contribution in [1.29, 1.82) is 0 Å². The Morgan fingerprint density at radius 1 is 1.15 bits per heavy atom. The van der Waals surface area contributed by atoms with E-state index in [9.17, 15) is 22.8 Å². The van der Waals surface area contributed by atoms with E-state index in [2.05, 4.69) is 50.3 Å². The average Bonchev–Trinajstić information content (AvgIpc) is 2.75. The van der Waals surface area contributed by atoms with E-state index in [0.717, 1.165) is 44.2 Å². The fourth-order valence-electron chi connectivity index (χ4n) is 4.44. The second-order valence-electron chi connectivity index (χ2n) is 9.89. The maximum Gasteiger partial charge on any atom is 0.416 e. The van der Waals surface area contributed by atoms with Gasteiger partial charge in [0.15, 0.2) is 0 Å². The van der Waals surface area contributed by atoms with Gasteiger partial charge in [-0.15, -0.1) is 0 Å². The maximum absolute atomic E-state index is 12.9. The molecule has 0 aliphatic heterocycles. The Labute approximate surface area is 195 Å². The third kappa shape index (κ3) is 8.32. The second kappa shape index (κ2) is 11.9. The summed E-state index contributed by atoms with van der Waals surface area (Å²) < 4.78 is 38.6. The standard InChI is InChI=1S/C25H38F3N3O2/c1-16(2)9-10-18-14-21(31(5)17(3)4)11-12-22(18)30-23(32)15-29-24(33)19-7-6-8-20(13-19)25(26,27)28/h6-8,13,16-18,21-22H,9-12,14-15H2,1-5H3,(H,29,33)(H,30,32). The molecule has 1 aliphatic carbocycles. The fourth-order valence-corrected chi connectivity index (χ4v) is 4.44. The van der Waals surface area contributed by atoms with Gasteiger partial charge in [-0.1, -0.05) is 26.3 Å². The van der Waals surface area contributed by atoms with E-state index in [1.807, 2.05) is 0 Å². The number of amides is 2. The topological polar surface area (TPSA) is 61.4 Å². The van der Waals surface area contributed by atoms with Crippen LogP contribution in [0.5, 0.6) is 0 Å². The highest BCUT2D eigenvalue weighted by Crippen LogP contribution is 2.32. The van der Waals surface area contributed by atoms with E-state index in [4.69, 9.17) is 0 Å². The number of nitrogens with one attached hydrogen (secondary N) is 2. The summed E-state index contributed by atoms with van der Waals surface area (Å²) in [6.45, 7) is 8.49. The van der Waals surface area contributed by atoms with Crippen LogP contribution < -0.4 is 10.6 Å². The number of carbonyl (C=O) groups is 2. The summed E-state index contributed by atoms with van der Waals surface area (Å²) in [5, 5.41) is 5.52. The van der Waals surface area contributed by atoms with Crippen LogP contribution in [0.25, 0.3) is 0 Å². The van der Waals surface area contributed by atoms with Gasteiger partial charge in [0.05, 0.1) is 12.1 Å². The van der Waals surface area contributed by atoms with Crippen molar-refractivity contribution in [1.82, 2.24) is 15.5 Å². The van der Waals surface area contributed by atoms with Gasteiger partial charge in [-0.2, -0.15) is 13.2 Å². The quantitative estimate of drug-likeness (QED) is 0.543. The minimum atomic E-state index is -4.53. The maximum atomic E-state index is 12.9. The summed E-state index contributed by atoms with van der Waals surface area (Å²) >= 11 is 0. The average molecular weight is 470 g/mol. The molecule has 1 saturated carbocycles. The van der Waals surface area contributed by atoms with Crippen molar-refractivity contribution >= 4 is 11.8 Å². The minimum Gasteiger partial charge on any atom is -0.352 e. The molecule has 2 N–H and O–H groups in total. The largest absolute Gasteiger partial charge is 0.416 e. The molecule has 1 aromatic rings. The molecular formula is C25H38F3N3O2. The number of nitrogens with zero attached hydrogens (tertiary/aromatic N) is 1. The third-order valence-corrected chi connectivity index (χ3v) is 6.67. The van der Waals surface area contributed by atoms with E-state index < -0.39 is 17.6 Å². The molecule has 2 amide bonds. The zero-order valence-corrected chi connectivity index (χ0v) is 20.3. The third-order valence-electron chi connectivity index (χ3n) is 6.67. The zero-order valence-electron chi connectivity index (χ0n) is 20.3. The fraction of sp³-hybridized carbons (Fsp3) is 0.680. The highest BCUT2D eigenvalue weighted by Gasteiger charge is 2.34. The van der Waals surface area contributed by atoms with Crippen molar-refractivity contribution in [3.63, 3.8) is 0 Å². The van der Waals surface area contributed by atoms with Crippen molar-refractivity contribution in [3.8, 4) is 0 Å². The minimum absolute atomic E-state index is 0.0403. The van der Waals surface area contributed by atoms with Gasteiger partial charge in [0.2, 0.25) is 5.91 Å². The molecule has 0 heterocycles. The van der Waals surface area contributed by atoms with Crippen LogP contribution in [0.3, 0.4) is 0 Å². The summed E-state index contributed by atoms with van der Waals surface area (Å²) in [7, 11) is 2.15. The predicted molar refractivity (Wildman–Crippen MR) is 124 cm³/mol. The van der Waals surface area contributed by atoms with Gasteiger partial charge in [0.1, 0.15) is 0 Å². The number of hydrogen-bond donors (Lipinski definition) is 2. The number of rotatable bonds is 9.